The molecule has 104 valence electrons. The van der Waals surface area contributed by atoms with Crippen LogP contribution in [0.1, 0.15) is 37.1 Å². The summed E-state index contributed by atoms with van der Waals surface area (Å²) in [5.74, 6) is 1.90. The Morgan fingerprint density at radius 2 is 2.20 bits per heavy atom. The van der Waals surface area contributed by atoms with Crippen LogP contribution in [0.15, 0.2) is 29.1 Å². The molecule has 0 amide bonds. The molecular formula is C15H17N3O2. The fourth-order valence-electron chi connectivity index (χ4n) is 2.08. The van der Waals surface area contributed by atoms with Crippen LogP contribution in [0.4, 0.5) is 5.69 Å². The molecule has 5 nitrogen and oxygen atoms in total. The highest BCUT2D eigenvalue weighted by molar-refractivity contribution is 5.55. The number of anilines is 1. The third-order valence-corrected chi connectivity index (χ3v) is 3.40. The Morgan fingerprint density at radius 1 is 1.40 bits per heavy atom. The van der Waals surface area contributed by atoms with Crippen molar-refractivity contribution in [3.63, 3.8) is 0 Å². The summed E-state index contributed by atoms with van der Waals surface area (Å²) in [5.41, 5.74) is 7.46. The average Bonchev–Trinajstić information content (AvgIpc) is 3.25. The number of benzene rings is 1. The van der Waals surface area contributed by atoms with Crippen molar-refractivity contribution in [3.05, 3.63) is 46.0 Å². The molecule has 3 rings (SSSR count). The van der Waals surface area contributed by atoms with Crippen LogP contribution in [0.5, 0.6) is 11.6 Å². The second-order valence-electron chi connectivity index (χ2n) is 5.07. The summed E-state index contributed by atoms with van der Waals surface area (Å²) in [4.78, 5) is 18.7. The molecule has 5 heteroatoms. The first kappa shape index (κ1) is 12.7. The van der Waals surface area contributed by atoms with E-state index in [1.54, 1.807) is 0 Å². The summed E-state index contributed by atoms with van der Waals surface area (Å²) in [6, 6.07) is 7.00. The number of nitrogens with one attached hydrogen (secondary N) is 1. The summed E-state index contributed by atoms with van der Waals surface area (Å²) in [6.07, 6.45) is 3.05. The lowest BCUT2D eigenvalue weighted by Gasteiger charge is -2.09. The lowest BCUT2D eigenvalue weighted by atomic mass is 10.1. The Labute approximate surface area is 116 Å². The van der Waals surface area contributed by atoms with E-state index in [-0.39, 0.29) is 5.56 Å². The van der Waals surface area contributed by atoms with Crippen LogP contribution in [0.2, 0.25) is 0 Å². The van der Waals surface area contributed by atoms with Gasteiger partial charge in [-0.25, -0.2) is 0 Å². The van der Waals surface area contributed by atoms with Crippen LogP contribution in [0, 0.1) is 0 Å². The fourth-order valence-corrected chi connectivity index (χ4v) is 2.08. The van der Waals surface area contributed by atoms with E-state index >= 15 is 0 Å². The molecule has 0 spiro atoms. The zero-order valence-electron chi connectivity index (χ0n) is 11.3. The molecule has 0 bridgehead atoms. The predicted molar refractivity (Wildman–Crippen MR) is 77.1 cm³/mol. The van der Waals surface area contributed by atoms with Gasteiger partial charge in [0.25, 0.3) is 5.56 Å². The molecule has 1 aromatic carbocycles. The van der Waals surface area contributed by atoms with Gasteiger partial charge in [-0.05, 0) is 37.0 Å². The smallest absolute Gasteiger partial charge is 0.254 e. The van der Waals surface area contributed by atoms with E-state index in [2.05, 4.69) is 16.9 Å². The molecule has 1 heterocycles. The second-order valence-corrected chi connectivity index (χ2v) is 5.07. The van der Waals surface area contributed by atoms with Gasteiger partial charge in [-0.1, -0.05) is 13.0 Å². The molecule has 1 aliphatic carbocycles. The summed E-state index contributed by atoms with van der Waals surface area (Å²) < 4.78 is 5.65. The van der Waals surface area contributed by atoms with Crippen molar-refractivity contribution in [2.45, 2.75) is 32.1 Å². The number of nitrogens with two attached hydrogens (primary N) is 1. The highest BCUT2D eigenvalue weighted by atomic mass is 16.5. The molecule has 0 aliphatic heterocycles. The van der Waals surface area contributed by atoms with Gasteiger partial charge in [0, 0.05) is 5.92 Å². The molecular weight excluding hydrogens is 254 g/mol. The first-order valence-electron chi connectivity index (χ1n) is 6.83. The van der Waals surface area contributed by atoms with Gasteiger partial charge in [0.05, 0.1) is 11.8 Å². The summed E-state index contributed by atoms with van der Waals surface area (Å²) >= 11 is 0. The van der Waals surface area contributed by atoms with Crippen LogP contribution in [0.25, 0.3) is 0 Å². The number of ether oxygens (including phenoxy) is 1. The molecule has 1 aliphatic rings. The Bertz CT molecular complexity index is 690. The van der Waals surface area contributed by atoms with Crippen LogP contribution in [-0.4, -0.2) is 9.97 Å². The minimum Gasteiger partial charge on any atom is -0.437 e. The number of nitrogen functional groups attached to an aromatic ring is 1. The third kappa shape index (κ3) is 2.66. The van der Waals surface area contributed by atoms with E-state index in [0.717, 1.165) is 24.8 Å². The van der Waals surface area contributed by atoms with E-state index in [9.17, 15) is 4.79 Å². The van der Waals surface area contributed by atoms with E-state index in [1.165, 1.54) is 6.07 Å². The van der Waals surface area contributed by atoms with Crippen LogP contribution in [0.3, 0.4) is 0 Å². The number of aryl methyl sites for hydroxylation is 1. The van der Waals surface area contributed by atoms with Gasteiger partial charge in [0.1, 0.15) is 5.82 Å². The van der Waals surface area contributed by atoms with Crippen molar-refractivity contribution in [2.24, 2.45) is 0 Å². The number of aromatic amines is 1. The molecule has 20 heavy (non-hydrogen) atoms. The van der Waals surface area contributed by atoms with E-state index in [0.29, 0.717) is 29.1 Å². The summed E-state index contributed by atoms with van der Waals surface area (Å²) in [7, 11) is 0. The minimum absolute atomic E-state index is 0.194. The zero-order chi connectivity index (χ0) is 14.1. The normalized spacial score (nSPS) is 14.2. The number of hydrogen-bond acceptors (Lipinski definition) is 4. The van der Waals surface area contributed by atoms with Crippen molar-refractivity contribution in [2.75, 3.05) is 5.73 Å². The fraction of sp³-hybridized carbons (Fsp3) is 0.333. The molecule has 0 saturated heterocycles. The Morgan fingerprint density at radius 3 is 2.85 bits per heavy atom. The highest BCUT2D eigenvalue weighted by Gasteiger charge is 2.26. The molecule has 1 saturated carbocycles. The highest BCUT2D eigenvalue weighted by Crippen LogP contribution is 2.38. The van der Waals surface area contributed by atoms with E-state index in [4.69, 9.17) is 10.5 Å². The van der Waals surface area contributed by atoms with Gasteiger partial charge >= 0.3 is 0 Å². The molecule has 2 aromatic rings. The first-order valence-corrected chi connectivity index (χ1v) is 6.83. The topological polar surface area (TPSA) is 81.0 Å². The molecule has 0 unspecified atom stereocenters. The van der Waals surface area contributed by atoms with Gasteiger partial charge in [-0.15, -0.1) is 0 Å². The number of aromatic nitrogens is 2. The number of nitrogens with zero attached hydrogens (tertiary/aromatic N) is 1. The SMILES string of the molecule is CCc1ccc(Oc2cc(=O)[nH]c(C3CC3)n2)c(N)c1. The van der Waals surface area contributed by atoms with Crippen molar-refractivity contribution in [3.8, 4) is 11.6 Å². The molecule has 0 radical (unpaired) electrons. The van der Waals surface area contributed by atoms with E-state index in [1.807, 2.05) is 18.2 Å². The van der Waals surface area contributed by atoms with Crippen LogP contribution < -0.4 is 16.0 Å². The lowest BCUT2D eigenvalue weighted by molar-refractivity contribution is 0.459. The Kier molecular flexibility index (Phi) is 3.18. The quantitative estimate of drug-likeness (QED) is 0.837. The molecule has 0 atom stereocenters. The molecule has 1 aromatic heterocycles. The largest absolute Gasteiger partial charge is 0.437 e. The molecule has 3 N–H and O–H groups in total. The predicted octanol–water partition coefficient (Wildman–Crippen LogP) is 2.58. The second kappa shape index (κ2) is 5.00. The summed E-state index contributed by atoms with van der Waals surface area (Å²) in [5, 5.41) is 0. The Balaban J connectivity index is 1.89. The van der Waals surface area contributed by atoms with Gasteiger partial charge in [0.15, 0.2) is 5.75 Å². The maximum Gasteiger partial charge on any atom is 0.254 e. The Hall–Kier alpha value is -2.30. The van der Waals surface area contributed by atoms with Crippen molar-refractivity contribution < 1.29 is 4.74 Å². The van der Waals surface area contributed by atoms with Crippen LogP contribution >= 0.6 is 0 Å². The number of rotatable bonds is 4. The maximum atomic E-state index is 11.6. The molecule has 1 fully saturated rings. The van der Waals surface area contributed by atoms with Crippen LogP contribution in [-0.2, 0) is 6.42 Å². The third-order valence-electron chi connectivity index (χ3n) is 3.40. The number of hydrogen-bond donors (Lipinski definition) is 2. The van der Waals surface area contributed by atoms with E-state index < -0.39 is 0 Å². The van der Waals surface area contributed by atoms with Gasteiger partial charge in [-0.2, -0.15) is 4.98 Å². The zero-order valence-corrected chi connectivity index (χ0v) is 11.3. The van der Waals surface area contributed by atoms with Crippen molar-refractivity contribution >= 4 is 5.69 Å². The van der Waals surface area contributed by atoms with Gasteiger partial charge in [-0.3, -0.25) is 4.79 Å². The van der Waals surface area contributed by atoms with Gasteiger partial charge < -0.3 is 15.5 Å². The first-order chi connectivity index (χ1) is 9.65. The van der Waals surface area contributed by atoms with Gasteiger partial charge in [0.2, 0.25) is 5.88 Å². The monoisotopic (exact) mass is 271 g/mol. The minimum atomic E-state index is -0.194. The maximum absolute atomic E-state index is 11.6. The standard InChI is InChI=1S/C15H17N3O2/c1-2-9-3-6-12(11(16)7-9)20-14-8-13(19)17-15(18-14)10-4-5-10/h3,6-8,10H,2,4-5,16H2,1H3,(H,17,18,19). The number of H-pyrrole nitrogens is 1. The van der Waals surface area contributed by atoms with Crippen molar-refractivity contribution in [1.82, 2.24) is 9.97 Å². The lowest BCUT2D eigenvalue weighted by Crippen LogP contribution is -2.10. The van der Waals surface area contributed by atoms with Crippen molar-refractivity contribution in [1.29, 1.82) is 0 Å². The average molecular weight is 271 g/mol. The summed E-state index contributed by atoms with van der Waals surface area (Å²) in [6.45, 7) is 2.06.